The van der Waals surface area contributed by atoms with Crippen LogP contribution >= 0.6 is 11.6 Å². The second-order valence-corrected chi connectivity index (χ2v) is 7.18. The minimum absolute atomic E-state index is 0.136. The number of halogens is 1. The van der Waals surface area contributed by atoms with Crippen LogP contribution in [0.15, 0.2) is 24.3 Å². The van der Waals surface area contributed by atoms with Crippen LogP contribution in [0.5, 0.6) is 0 Å². The van der Waals surface area contributed by atoms with E-state index in [-0.39, 0.29) is 25.4 Å². The van der Waals surface area contributed by atoms with Crippen molar-refractivity contribution in [3.05, 3.63) is 34.9 Å². The zero-order valence-corrected chi connectivity index (χ0v) is 13.9. The first-order valence-electron chi connectivity index (χ1n) is 6.79. The summed E-state index contributed by atoms with van der Waals surface area (Å²) in [6.07, 6.45) is 2.12. The highest BCUT2D eigenvalue weighted by molar-refractivity contribution is 7.88. The molecule has 21 heavy (non-hydrogen) atoms. The summed E-state index contributed by atoms with van der Waals surface area (Å²) in [7, 11) is -3.40. The highest BCUT2D eigenvalue weighted by Crippen LogP contribution is 2.18. The SMILES string of the molecule is CCCNC(=O)CCN(Cc1ccccc1Cl)S(C)(=O)=O. The lowest BCUT2D eigenvalue weighted by molar-refractivity contribution is -0.121. The minimum atomic E-state index is -3.40. The fourth-order valence-electron chi connectivity index (χ4n) is 1.76. The molecule has 1 N–H and O–H groups in total. The van der Waals surface area contributed by atoms with Crippen LogP contribution in [0.3, 0.4) is 0 Å². The fraction of sp³-hybridized carbons (Fsp3) is 0.500. The molecule has 0 fully saturated rings. The van der Waals surface area contributed by atoms with Gasteiger partial charge >= 0.3 is 0 Å². The third kappa shape index (κ3) is 6.46. The number of amides is 1. The molecule has 5 nitrogen and oxygen atoms in total. The summed E-state index contributed by atoms with van der Waals surface area (Å²) in [6.45, 7) is 2.86. The van der Waals surface area contributed by atoms with Gasteiger partial charge in [0, 0.05) is 31.1 Å². The first-order valence-corrected chi connectivity index (χ1v) is 9.02. The molecule has 0 aliphatic carbocycles. The van der Waals surface area contributed by atoms with Crippen LogP contribution in [0.25, 0.3) is 0 Å². The smallest absolute Gasteiger partial charge is 0.221 e. The van der Waals surface area contributed by atoms with E-state index < -0.39 is 10.0 Å². The maximum atomic E-state index is 11.8. The number of sulfonamides is 1. The van der Waals surface area contributed by atoms with Gasteiger partial charge < -0.3 is 5.32 Å². The molecule has 7 heteroatoms. The Morgan fingerprint density at radius 3 is 2.57 bits per heavy atom. The van der Waals surface area contributed by atoms with Gasteiger partial charge in [-0.1, -0.05) is 36.7 Å². The van der Waals surface area contributed by atoms with Gasteiger partial charge in [0.1, 0.15) is 0 Å². The molecular formula is C14H21ClN2O3S. The van der Waals surface area contributed by atoms with E-state index >= 15 is 0 Å². The van der Waals surface area contributed by atoms with Gasteiger partial charge in [0.15, 0.2) is 0 Å². The molecule has 0 aliphatic heterocycles. The maximum absolute atomic E-state index is 11.8. The Morgan fingerprint density at radius 1 is 1.33 bits per heavy atom. The molecular weight excluding hydrogens is 312 g/mol. The Morgan fingerprint density at radius 2 is 2.00 bits per heavy atom. The fourth-order valence-corrected chi connectivity index (χ4v) is 2.75. The van der Waals surface area contributed by atoms with Gasteiger partial charge in [-0.05, 0) is 18.1 Å². The largest absolute Gasteiger partial charge is 0.356 e. The second-order valence-electron chi connectivity index (χ2n) is 4.79. The van der Waals surface area contributed by atoms with Crippen LogP contribution < -0.4 is 5.32 Å². The van der Waals surface area contributed by atoms with Gasteiger partial charge in [-0.15, -0.1) is 0 Å². The first kappa shape index (κ1) is 17.9. The summed E-state index contributed by atoms with van der Waals surface area (Å²) in [4.78, 5) is 11.6. The first-order chi connectivity index (χ1) is 9.84. The molecule has 0 saturated heterocycles. The number of nitrogens with zero attached hydrogens (tertiary/aromatic N) is 1. The molecule has 1 aromatic rings. The standard InChI is InChI=1S/C14H21ClN2O3S/c1-3-9-16-14(18)8-10-17(21(2,19)20)11-12-6-4-5-7-13(12)15/h4-7H,3,8-11H2,1-2H3,(H,16,18). The zero-order valence-electron chi connectivity index (χ0n) is 12.3. The second kappa shape index (κ2) is 8.36. The lowest BCUT2D eigenvalue weighted by Crippen LogP contribution is -2.34. The summed E-state index contributed by atoms with van der Waals surface area (Å²) in [5.41, 5.74) is 0.721. The van der Waals surface area contributed by atoms with Gasteiger partial charge in [0.05, 0.1) is 6.26 Å². The molecule has 0 aromatic heterocycles. The number of carbonyl (C=O) groups is 1. The predicted octanol–water partition coefficient (Wildman–Crippen LogP) is 2.02. The Labute approximate surface area is 131 Å². The number of nitrogens with one attached hydrogen (secondary N) is 1. The van der Waals surface area contributed by atoms with Gasteiger partial charge in [-0.3, -0.25) is 4.79 Å². The maximum Gasteiger partial charge on any atom is 0.221 e. The quantitative estimate of drug-likeness (QED) is 0.792. The molecule has 1 aromatic carbocycles. The van der Waals surface area contributed by atoms with Crippen molar-refractivity contribution in [2.45, 2.75) is 26.3 Å². The van der Waals surface area contributed by atoms with Crippen LogP contribution in [-0.4, -0.2) is 38.0 Å². The summed E-state index contributed by atoms with van der Waals surface area (Å²) in [6, 6.07) is 7.08. The van der Waals surface area contributed by atoms with Crippen molar-refractivity contribution in [1.82, 2.24) is 9.62 Å². The van der Waals surface area contributed by atoms with Gasteiger partial charge in [0.25, 0.3) is 0 Å². The zero-order chi connectivity index (χ0) is 15.9. The van der Waals surface area contributed by atoms with Crippen molar-refractivity contribution in [3.63, 3.8) is 0 Å². The number of hydrogen-bond acceptors (Lipinski definition) is 3. The molecule has 0 radical (unpaired) electrons. The van der Waals surface area contributed by atoms with Crippen LogP contribution in [-0.2, 0) is 21.4 Å². The van der Waals surface area contributed by atoms with Crippen LogP contribution in [0.4, 0.5) is 0 Å². The van der Waals surface area contributed by atoms with E-state index in [4.69, 9.17) is 11.6 Å². The lowest BCUT2D eigenvalue weighted by atomic mass is 10.2. The van der Waals surface area contributed by atoms with E-state index in [1.807, 2.05) is 6.92 Å². The molecule has 0 saturated carbocycles. The Balaban J connectivity index is 2.70. The molecule has 0 aliphatic rings. The predicted molar refractivity (Wildman–Crippen MR) is 84.6 cm³/mol. The van der Waals surface area contributed by atoms with Crippen LogP contribution in [0.1, 0.15) is 25.3 Å². The van der Waals surface area contributed by atoms with Crippen molar-refractivity contribution in [2.75, 3.05) is 19.3 Å². The Hall–Kier alpha value is -1.11. The third-order valence-electron chi connectivity index (χ3n) is 2.93. The van der Waals surface area contributed by atoms with Crippen molar-refractivity contribution < 1.29 is 13.2 Å². The average molecular weight is 333 g/mol. The monoisotopic (exact) mass is 332 g/mol. The topological polar surface area (TPSA) is 66.5 Å². The summed E-state index contributed by atoms with van der Waals surface area (Å²) >= 11 is 6.05. The van der Waals surface area contributed by atoms with Crippen LogP contribution in [0, 0.1) is 0 Å². The molecule has 118 valence electrons. The van der Waals surface area contributed by atoms with Crippen LogP contribution in [0.2, 0.25) is 5.02 Å². The van der Waals surface area contributed by atoms with Crippen molar-refractivity contribution in [3.8, 4) is 0 Å². The highest BCUT2D eigenvalue weighted by atomic mass is 35.5. The van der Waals surface area contributed by atoms with Crippen molar-refractivity contribution >= 4 is 27.5 Å². The third-order valence-corrected chi connectivity index (χ3v) is 4.55. The number of benzene rings is 1. The van der Waals surface area contributed by atoms with Crippen molar-refractivity contribution in [1.29, 1.82) is 0 Å². The van der Waals surface area contributed by atoms with E-state index in [1.54, 1.807) is 24.3 Å². The molecule has 0 heterocycles. The van der Waals surface area contributed by atoms with E-state index in [2.05, 4.69) is 5.32 Å². The highest BCUT2D eigenvalue weighted by Gasteiger charge is 2.19. The van der Waals surface area contributed by atoms with E-state index in [9.17, 15) is 13.2 Å². The van der Waals surface area contributed by atoms with Gasteiger partial charge in [0.2, 0.25) is 15.9 Å². The minimum Gasteiger partial charge on any atom is -0.356 e. The van der Waals surface area contributed by atoms with Gasteiger partial charge in [-0.2, -0.15) is 4.31 Å². The summed E-state index contributed by atoms with van der Waals surface area (Å²) in [5.74, 6) is -0.148. The van der Waals surface area contributed by atoms with E-state index in [0.717, 1.165) is 18.2 Å². The molecule has 1 amide bonds. The number of carbonyl (C=O) groups excluding carboxylic acids is 1. The molecule has 1 rings (SSSR count). The normalized spacial score (nSPS) is 11.6. The summed E-state index contributed by atoms with van der Waals surface area (Å²) in [5, 5.41) is 3.24. The molecule has 0 bridgehead atoms. The Kier molecular flexibility index (Phi) is 7.14. The van der Waals surface area contributed by atoms with E-state index in [0.29, 0.717) is 11.6 Å². The lowest BCUT2D eigenvalue weighted by Gasteiger charge is -2.20. The van der Waals surface area contributed by atoms with E-state index in [1.165, 1.54) is 4.31 Å². The number of hydrogen-bond donors (Lipinski definition) is 1. The average Bonchev–Trinajstić information content (AvgIpc) is 2.41. The van der Waals surface area contributed by atoms with Crippen molar-refractivity contribution in [2.24, 2.45) is 0 Å². The molecule has 0 unspecified atom stereocenters. The summed E-state index contributed by atoms with van der Waals surface area (Å²) < 4.78 is 24.9. The van der Waals surface area contributed by atoms with Gasteiger partial charge in [-0.25, -0.2) is 8.42 Å². The number of rotatable bonds is 8. The Bertz CT molecular complexity index is 575. The molecule has 0 spiro atoms. The molecule has 0 atom stereocenters.